The average Bonchev–Trinajstić information content (AvgIpc) is 2.25. The normalized spacial score (nSPS) is 24.0. The number of rotatable bonds is 6. The van der Waals surface area contributed by atoms with Crippen LogP contribution in [0, 0.1) is 0 Å². The monoisotopic (exact) mass is 279 g/mol. The van der Waals surface area contributed by atoms with Crippen molar-refractivity contribution < 1.29 is 0 Å². The first-order chi connectivity index (χ1) is 6.86. The van der Waals surface area contributed by atoms with Crippen LogP contribution in [0.3, 0.4) is 0 Å². The van der Waals surface area contributed by atoms with Crippen molar-refractivity contribution in [2.24, 2.45) is 0 Å². The molecule has 0 radical (unpaired) electrons. The number of halogens is 1. The molecule has 0 spiro atoms. The van der Waals surface area contributed by atoms with E-state index in [4.69, 9.17) is 0 Å². The summed E-state index contributed by atoms with van der Waals surface area (Å²) in [6.07, 6.45) is 5.43. The Bertz CT molecular complexity index is 143. The Balaban J connectivity index is 2.05. The molecule has 0 aromatic heterocycles. The molecule has 3 heteroatoms. The van der Waals surface area contributed by atoms with Gasteiger partial charge >= 0.3 is 0 Å². The van der Waals surface area contributed by atoms with Gasteiger partial charge in [-0.05, 0) is 25.8 Å². The lowest BCUT2D eigenvalue weighted by atomic mass is 10.2. The molecule has 1 atom stereocenters. The standard InChI is InChI=1S/C11H22BrNS/c1-2-11-10-13(8-9-14-11)7-5-3-4-6-12/h11H,2-10H2,1H3. The van der Waals surface area contributed by atoms with E-state index in [1.807, 2.05) is 0 Å². The molecule has 1 aliphatic rings. The lowest BCUT2D eigenvalue weighted by Crippen LogP contribution is -2.38. The van der Waals surface area contributed by atoms with Gasteiger partial charge < -0.3 is 4.90 Å². The van der Waals surface area contributed by atoms with Gasteiger partial charge in [-0.15, -0.1) is 0 Å². The number of hydrogen-bond acceptors (Lipinski definition) is 2. The summed E-state index contributed by atoms with van der Waals surface area (Å²) in [6, 6.07) is 0. The smallest absolute Gasteiger partial charge is 0.0172 e. The van der Waals surface area contributed by atoms with Crippen LogP contribution in [0.5, 0.6) is 0 Å². The van der Waals surface area contributed by atoms with Crippen molar-refractivity contribution in [3.05, 3.63) is 0 Å². The molecule has 0 aromatic rings. The van der Waals surface area contributed by atoms with Crippen LogP contribution in [-0.2, 0) is 0 Å². The molecule has 0 saturated carbocycles. The Morgan fingerprint density at radius 2 is 2.21 bits per heavy atom. The van der Waals surface area contributed by atoms with E-state index in [9.17, 15) is 0 Å². The molecule has 1 saturated heterocycles. The third kappa shape index (κ3) is 5.04. The van der Waals surface area contributed by atoms with Crippen LogP contribution in [-0.4, -0.2) is 40.9 Å². The highest BCUT2D eigenvalue weighted by molar-refractivity contribution is 9.09. The van der Waals surface area contributed by atoms with E-state index in [0.717, 1.165) is 5.25 Å². The fourth-order valence-electron chi connectivity index (χ4n) is 1.84. The largest absolute Gasteiger partial charge is 0.301 e. The zero-order chi connectivity index (χ0) is 10.2. The van der Waals surface area contributed by atoms with E-state index in [0.29, 0.717) is 0 Å². The first kappa shape index (κ1) is 12.9. The SMILES string of the molecule is CCC1CN(CCCCCBr)CCS1. The second-order valence-electron chi connectivity index (χ2n) is 3.95. The summed E-state index contributed by atoms with van der Waals surface area (Å²) in [4.78, 5) is 2.65. The molecule has 1 unspecified atom stereocenters. The topological polar surface area (TPSA) is 3.24 Å². The van der Waals surface area contributed by atoms with Gasteiger partial charge in [-0.3, -0.25) is 0 Å². The zero-order valence-corrected chi connectivity index (χ0v) is 11.6. The molecule has 0 bridgehead atoms. The van der Waals surface area contributed by atoms with Crippen LogP contribution >= 0.6 is 27.7 Å². The van der Waals surface area contributed by atoms with Crippen molar-refractivity contribution in [3.63, 3.8) is 0 Å². The van der Waals surface area contributed by atoms with Gasteiger partial charge in [-0.25, -0.2) is 0 Å². The molecule has 1 rings (SSSR count). The van der Waals surface area contributed by atoms with Crippen molar-refractivity contribution in [2.75, 3.05) is 30.7 Å². The highest BCUT2D eigenvalue weighted by atomic mass is 79.9. The quantitative estimate of drug-likeness (QED) is 0.542. The van der Waals surface area contributed by atoms with E-state index < -0.39 is 0 Å². The van der Waals surface area contributed by atoms with Gasteiger partial charge in [-0.2, -0.15) is 11.8 Å². The minimum absolute atomic E-state index is 0.903. The molecular weight excluding hydrogens is 258 g/mol. The van der Waals surface area contributed by atoms with Crippen LogP contribution in [0.15, 0.2) is 0 Å². The fourth-order valence-corrected chi connectivity index (χ4v) is 3.48. The van der Waals surface area contributed by atoms with E-state index in [1.54, 1.807) is 0 Å². The number of nitrogens with zero attached hydrogens (tertiary/aromatic N) is 1. The van der Waals surface area contributed by atoms with Crippen molar-refractivity contribution in [2.45, 2.75) is 37.9 Å². The summed E-state index contributed by atoms with van der Waals surface area (Å²) in [5.41, 5.74) is 0. The Morgan fingerprint density at radius 3 is 2.93 bits per heavy atom. The van der Waals surface area contributed by atoms with Gasteiger partial charge in [-0.1, -0.05) is 29.3 Å². The third-order valence-corrected chi connectivity index (χ3v) is 4.72. The van der Waals surface area contributed by atoms with Crippen LogP contribution in [0.2, 0.25) is 0 Å². The first-order valence-electron chi connectivity index (χ1n) is 5.76. The third-order valence-electron chi connectivity index (χ3n) is 2.79. The van der Waals surface area contributed by atoms with Crippen molar-refractivity contribution in [1.29, 1.82) is 0 Å². The Hall–Kier alpha value is 0.790. The summed E-state index contributed by atoms with van der Waals surface area (Å²) in [5, 5.41) is 2.07. The van der Waals surface area contributed by atoms with Crippen LogP contribution < -0.4 is 0 Å². The molecule has 0 amide bonds. The van der Waals surface area contributed by atoms with Gasteiger partial charge in [0.25, 0.3) is 0 Å². The first-order valence-corrected chi connectivity index (χ1v) is 7.93. The molecule has 14 heavy (non-hydrogen) atoms. The minimum Gasteiger partial charge on any atom is -0.301 e. The van der Waals surface area contributed by atoms with Gasteiger partial charge in [0.2, 0.25) is 0 Å². The molecule has 0 N–H and O–H groups in total. The summed E-state index contributed by atoms with van der Waals surface area (Å²) in [7, 11) is 0. The molecule has 0 aromatic carbocycles. The van der Waals surface area contributed by atoms with Crippen molar-refractivity contribution in [1.82, 2.24) is 4.90 Å². The second-order valence-corrected chi connectivity index (χ2v) is 6.15. The van der Waals surface area contributed by atoms with Crippen LogP contribution in [0.4, 0.5) is 0 Å². The summed E-state index contributed by atoms with van der Waals surface area (Å²) < 4.78 is 0. The predicted molar refractivity (Wildman–Crippen MR) is 70.6 cm³/mol. The summed E-state index contributed by atoms with van der Waals surface area (Å²) >= 11 is 5.64. The maximum atomic E-state index is 3.48. The molecule has 84 valence electrons. The number of hydrogen-bond donors (Lipinski definition) is 0. The number of unbranched alkanes of at least 4 members (excludes halogenated alkanes) is 2. The zero-order valence-electron chi connectivity index (χ0n) is 9.17. The molecule has 1 fully saturated rings. The molecular formula is C11H22BrNS. The maximum Gasteiger partial charge on any atom is 0.0172 e. The van der Waals surface area contributed by atoms with E-state index in [-0.39, 0.29) is 0 Å². The predicted octanol–water partition coefficient (Wildman–Crippen LogP) is 3.38. The Kier molecular flexibility index (Phi) is 7.35. The lowest BCUT2D eigenvalue weighted by Gasteiger charge is -2.31. The van der Waals surface area contributed by atoms with Crippen LogP contribution in [0.25, 0.3) is 0 Å². The molecule has 1 nitrogen and oxygen atoms in total. The number of alkyl halides is 1. The van der Waals surface area contributed by atoms with Gasteiger partial charge in [0.1, 0.15) is 0 Å². The average molecular weight is 280 g/mol. The lowest BCUT2D eigenvalue weighted by molar-refractivity contribution is 0.275. The highest BCUT2D eigenvalue weighted by Gasteiger charge is 2.17. The van der Waals surface area contributed by atoms with E-state index in [1.165, 1.54) is 56.4 Å². The van der Waals surface area contributed by atoms with E-state index in [2.05, 4.69) is 39.5 Å². The second kappa shape index (κ2) is 8.00. The fraction of sp³-hybridized carbons (Fsp3) is 1.00. The summed E-state index contributed by atoms with van der Waals surface area (Å²) in [5.74, 6) is 1.34. The minimum atomic E-state index is 0.903. The molecule has 1 aliphatic heterocycles. The Labute approximate surface area is 101 Å². The van der Waals surface area contributed by atoms with Crippen molar-refractivity contribution >= 4 is 27.7 Å². The number of thioether (sulfide) groups is 1. The Morgan fingerprint density at radius 1 is 1.36 bits per heavy atom. The summed E-state index contributed by atoms with van der Waals surface area (Å²) in [6.45, 7) is 6.28. The van der Waals surface area contributed by atoms with Crippen LogP contribution in [0.1, 0.15) is 32.6 Å². The van der Waals surface area contributed by atoms with Gasteiger partial charge in [0.05, 0.1) is 0 Å². The maximum absolute atomic E-state index is 3.48. The molecule has 0 aliphatic carbocycles. The van der Waals surface area contributed by atoms with Crippen molar-refractivity contribution in [3.8, 4) is 0 Å². The van der Waals surface area contributed by atoms with Gasteiger partial charge in [0, 0.05) is 29.4 Å². The molecule has 1 heterocycles. The van der Waals surface area contributed by atoms with Gasteiger partial charge in [0.15, 0.2) is 0 Å². The van der Waals surface area contributed by atoms with E-state index >= 15 is 0 Å². The highest BCUT2D eigenvalue weighted by Crippen LogP contribution is 2.21.